The Labute approximate surface area is 175 Å². The fourth-order valence-electron chi connectivity index (χ4n) is 2.45. The number of ether oxygens (including phenoxy) is 3. The highest BCUT2D eigenvalue weighted by molar-refractivity contribution is 5.93. The SMILES string of the molecule is C=CCOc1c(C=NNC(=O)CCC(=O)Nc2ccc(OC)cc2)cccc1OC. The van der Waals surface area contributed by atoms with Crippen molar-refractivity contribution in [2.24, 2.45) is 5.10 Å². The molecule has 2 aromatic rings. The molecule has 158 valence electrons. The topological polar surface area (TPSA) is 98.2 Å². The van der Waals surface area contributed by atoms with Crippen LogP contribution in [0.5, 0.6) is 17.2 Å². The van der Waals surface area contributed by atoms with E-state index in [1.807, 2.05) is 0 Å². The molecule has 0 saturated heterocycles. The second-order valence-electron chi connectivity index (χ2n) is 6.05. The quantitative estimate of drug-likeness (QED) is 0.336. The second kappa shape index (κ2) is 11.9. The van der Waals surface area contributed by atoms with Crippen LogP contribution in [-0.4, -0.2) is 38.9 Å². The molecule has 0 heterocycles. The Hall–Kier alpha value is -3.81. The van der Waals surface area contributed by atoms with E-state index < -0.39 is 0 Å². The van der Waals surface area contributed by atoms with Crippen molar-refractivity contribution in [2.45, 2.75) is 12.8 Å². The lowest BCUT2D eigenvalue weighted by Crippen LogP contribution is -2.20. The van der Waals surface area contributed by atoms with Gasteiger partial charge >= 0.3 is 0 Å². The van der Waals surface area contributed by atoms with Gasteiger partial charge in [0.25, 0.3) is 0 Å². The molecule has 0 unspecified atom stereocenters. The predicted molar refractivity (Wildman–Crippen MR) is 115 cm³/mol. The minimum Gasteiger partial charge on any atom is -0.497 e. The number of para-hydroxylation sites is 1. The van der Waals surface area contributed by atoms with Gasteiger partial charge in [0.05, 0.1) is 20.4 Å². The van der Waals surface area contributed by atoms with Gasteiger partial charge in [-0.15, -0.1) is 0 Å². The van der Waals surface area contributed by atoms with E-state index in [1.54, 1.807) is 55.7 Å². The molecule has 2 amide bonds. The van der Waals surface area contributed by atoms with E-state index in [-0.39, 0.29) is 24.7 Å². The van der Waals surface area contributed by atoms with Crippen LogP contribution < -0.4 is 25.0 Å². The van der Waals surface area contributed by atoms with Crippen LogP contribution in [0.4, 0.5) is 5.69 Å². The number of nitrogens with one attached hydrogen (secondary N) is 2. The Morgan fingerprint density at radius 1 is 1.03 bits per heavy atom. The van der Waals surface area contributed by atoms with Crippen molar-refractivity contribution < 1.29 is 23.8 Å². The van der Waals surface area contributed by atoms with Crippen LogP contribution in [0.2, 0.25) is 0 Å². The number of anilines is 1. The van der Waals surface area contributed by atoms with Crippen molar-refractivity contribution in [1.82, 2.24) is 5.43 Å². The highest BCUT2D eigenvalue weighted by Gasteiger charge is 2.10. The predicted octanol–water partition coefficient (Wildman–Crippen LogP) is 3.14. The summed E-state index contributed by atoms with van der Waals surface area (Å²) in [6, 6.07) is 12.2. The Balaban J connectivity index is 1.84. The maximum absolute atomic E-state index is 12.0. The summed E-state index contributed by atoms with van der Waals surface area (Å²) in [6.07, 6.45) is 3.10. The summed E-state index contributed by atoms with van der Waals surface area (Å²) in [4.78, 5) is 23.9. The molecule has 0 aliphatic carbocycles. The zero-order valence-electron chi connectivity index (χ0n) is 17.0. The lowest BCUT2D eigenvalue weighted by atomic mass is 10.2. The van der Waals surface area contributed by atoms with Crippen LogP contribution >= 0.6 is 0 Å². The highest BCUT2D eigenvalue weighted by atomic mass is 16.5. The largest absolute Gasteiger partial charge is 0.497 e. The molecular weight excluding hydrogens is 386 g/mol. The number of hydrogen-bond donors (Lipinski definition) is 2. The van der Waals surface area contributed by atoms with E-state index in [1.165, 1.54) is 13.3 Å². The van der Waals surface area contributed by atoms with Crippen molar-refractivity contribution in [1.29, 1.82) is 0 Å². The maximum atomic E-state index is 12.0. The van der Waals surface area contributed by atoms with Crippen LogP contribution in [0.3, 0.4) is 0 Å². The lowest BCUT2D eigenvalue weighted by Gasteiger charge is -2.11. The number of benzene rings is 2. The molecule has 0 saturated carbocycles. The summed E-state index contributed by atoms with van der Waals surface area (Å²) in [6.45, 7) is 3.92. The van der Waals surface area contributed by atoms with Crippen LogP contribution in [-0.2, 0) is 9.59 Å². The zero-order valence-corrected chi connectivity index (χ0v) is 17.0. The van der Waals surface area contributed by atoms with Gasteiger partial charge in [0, 0.05) is 24.1 Å². The average molecular weight is 411 g/mol. The average Bonchev–Trinajstić information content (AvgIpc) is 2.77. The summed E-state index contributed by atoms with van der Waals surface area (Å²) in [7, 11) is 3.11. The highest BCUT2D eigenvalue weighted by Crippen LogP contribution is 2.30. The Bertz CT molecular complexity index is 894. The van der Waals surface area contributed by atoms with Crippen molar-refractivity contribution in [3.8, 4) is 17.2 Å². The second-order valence-corrected chi connectivity index (χ2v) is 6.05. The molecule has 0 spiro atoms. The van der Waals surface area contributed by atoms with Crippen molar-refractivity contribution in [3.63, 3.8) is 0 Å². The van der Waals surface area contributed by atoms with Gasteiger partial charge < -0.3 is 19.5 Å². The van der Waals surface area contributed by atoms with Crippen LogP contribution in [0.15, 0.2) is 60.2 Å². The molecule has 2 aromatic carbocycles. The molecule has 2 rings (SSSR count). The van der Waals surface area contributed by atoms with E-state index in [4.69, 9.17) is 14.2 Å². The number of amides is 2. The number of rotatable bonds is 11. The number of carbonyl (C=O) groups is 2. The van der Waals surface area contributed by atoms with Gasteiger partial charge in [-0.25, -0.2) is 5.43 Å². The molecule has 0 radical (unpaired) electrons. The summed E-state index contributed by atoms with van der Waals surface area (Å²) in [5, 5.41) is 6.65. The standard InChI is InChI=1S/C22H25N3O5/c1-4-14-30-22-16(6-5-7-19(22)29-3)15-23-25-21(27)13-12-20(26)24-17-8-10-18(28-2)11-9-17/h4-11,15H,1,12-14H2,2-3H3,(H,24,26)(H,25,27). The van der Waals surface area contributed by atoms with Gasteiger partial charge in [0.15, 0.2) is 11.5 Å². The van der Waals surface area contributed by atoms with E-state index in [9.17, 15) is 9.59 Å². The Kier molecular flexibility index (Phi) is 8.92. The van der Waals surface area contributed by atoms with Gasteiger partial charge in [-0.2, -0.15) is 5.10 Å². The minimum atomic E-state index is -0.382. The molecule has 0 fully saturated rings. The summed E-state index contributed by atoms with van der Waals surface area (Å²) in [5.74, 6) is 1.08. The van der Waals surface area contributed by atoms with E-state index in [0.717, 1.165) is 0 Å². The first-order valence-corrected chi connectivity index (χ1v) is 9.24. The summed E-state index contributed by atoms with van der Waals surface area (Å²) >= 11 is 0. The lowest BCUT2D eigenvalue weighted by molar-refractivity contribution is -0.124. The number of carbonyl (C=O) groups excluding carboxylic acids is 2. The molecule has 0 bridgehead atoms. The molecule has 0 aliphatic heterocycles. The molecule has 30 heavy (non-hydrogen) atoms. The van der Waals surface area contributed by atoms with E-state index in [2.05, 4.69) is 22.4 Å². The minimum absolute atomic E-state index is 0.00272. The molecule has 0 aliphatic rings. The fourth-order valence-corrected chi connectivity index (χ4v) is 2.45. The molecule has 8 heteroatoms. The summed E-state index contributed by atoms with van der Waals surface area (Å²) in [5.41, 5.74) is 3.67. The van der Waals surface area contributed by atoms with Crippen molar-refractivity contribution in [2.75, 3.05) is 26.1 Å². The fraction of sp³-hybridized carbons (Fsp3) is 0.227. The van der Waals surface area contributed by atoms with Gasteiger partial charge in [-0.3, -0.25) is 9.59 Å². The zero-order chi connectivity index (χ0) is 21.8. The third-order valence-corrected chi connectivity index (χ3v) is 3.92. The number of hydrogen-bond acceptors (Lipinski definition) is 6. The van der Waals surface area contributed by atoms with Crippen molar-refractivity contribution >= 4 is 23.7 Å². The third-order valence-electron chi connectivity index (χ3n) is 3.92. The monoisotopic (exact) mass is 411 g/mol. The van der Waals surface area contributed by atoms with Gasteiger partial charge in [-0.1, -0.05) is 18.7 Å². The maximum Gasteiger partial charge on any atom is 0.240 e. The third kappa shape index (κ3) is 6.97. The van der Waals surface area contributed by atoms with Gasteiger partial charge in [-0.05, 0) is 36.4 Å². The first-order valence-electron chi connectivity index (χ1n) is 9.24. The Morgan fingerprint density at radius 3 is 2.43 bits per heavy atom. The Morgan fingerprint density at radius 2 is 1.77 bits per heavy atom. The van der Waals surface area contributed by atoms with E-state index in [0.29, 0.717) is 35.1 Å². The molecular formula is C22H25N3O5. The van der Waals surface area contributed by atoms with Gasteiger partial charge in [0.1, 0.15) is 12.4 Å². The van der Waals surface area contributed by atoms with Crippen LogP contribution in [0.1, 0.15) is 18.4 Å². The van der Waals surface area contributed by atoms with E-state index >= 15 is 0 Å². The summed E-state index contributed by atoms with van der Waals surface area (Å²) < 4.78 is 15.9. The first-order chi connectivity index (χ1) is 14.6. The molecule has 2 N–H and O–H groups in total. The number of methoxy groups -OCH3 is 2. The molecule has 8 nitrogen and oxygen atoms in total. The molecule has 0 atom stereocenters. The number of hydrazone groups is 1. The van der Waals surface area contributed by atoms with Crippen LogP contribution in [0.25, 0.3) is 0 Å². The molecule has 0 aromatic heterocycles. The number of nitrogens with zero attached hydrogens (tertiary/aromatic N) is 1. The first kappa shape index (κ1) is 22.5. The smallest absolute Gasteiger partial charge is 0.240 e. The normalized spacial score (nSPS) is 10.3. The van der Waals surface area contributed by atoms with Crippen molar-refractivity contribution in [3.05, 3.63) is 60.7 Å². The van der Waals surface area contributed by atoms with Crippen LogP contribution in [0, 0.1) is 0 Å². The van der Waals surface area contributed by atoms with Gasteiger partial charge in [0.2, 0.25) is 11.8 Å².